The van der Waals surface area contributed by atoms with Crippen LogP contribution in [0.2, 0.25) is 5.02 Å². The van der Waals surface area contributed by atoms with Gasteiger partial charge in [-0.15, -0.1) is 0 Å². The van der Waals surface area contributed by atoms with Gasteiger partial charge >= 0.3 is 6.09 Å². The molecule has 144 valence electrons. The zero-order chi connectivity index (χ0) is 19.4. The highest BCUT2D eigenvalue weighted by Gasteiger charge is 2.34. The van der Waals surface area contributed by atoms with E-state index in [4.69, 9.17) is 21.4 Å². The molecule has 0 aromatic carbocycles. The van der Waals surface area contributed by atoms with Crippen molar-refractivity contribution < 1.29 is 14.6 Å². The average Bonchev–Trinajstić information content (AvgIpc) is 2.61. The lowest BCUT2D eigenvalue weighted by Crippen LogP contribution is -2.59. The molecule has 0 bridgehead atoms. The zero-order valence-electron chi connectivity index (χ0n) is 15.2. The molecule has 2 aromatic rings. The van der Waals surface area contributed by atoms with E-state index in [9.17, 15) is 4.79 Å². The quantitative estimate of drug-likeness (QED) is 0.853. The van der Waals surface area contributed by atoms with E-state index in [1.165, 1.54) is 12.4 Å². The summed E-state index contributed by atoms with van der Waals surface area (Å²) in [6.07, 6.45) is 4.62. The number of amides is 1. The summed E-state index contributed by atoms with van der Waals surface area (Å²) in [6.45, 7) is 5.17. The smallest absolute Gasteiger partial charge is 0.408 e. The van der Waals surface area contributed by atoms with Gasteiger partial charge in [0, 0.05) is 38.0 Å². The minimum Gasteiger partial charge on any atom is -0.408 e. The zero-order valence-corrected chi connectivity index (χ0v) is 16.0. The lowest BCUT2D eigenvalue weighted by atomic mass is 10.1. The lowest BCUT2D eigenvalue weighted by molar-refractivity contribution is 0.104. The maximum Gasteiger partial charge on any atom is 0.415 e. The number of pyridine rings is 1. The van der Waals surface area contributed by atoms with Crippen LogP contribution < -0.4 is 9.64 Å². The first kappa shape index (κ1) is 19.3. The second kappa shape index (κ2) is 8.49. The first-order chi connectivity index (χ1) is 13.0. The highest BCUT2D eigenvalue weighted by Crippen LogP contribution is 2.23. The Morgan fingerprint density at radius 2 is 2.07 bits per heavy atom. The van der Waals surface area contributed by atoms with Crippen molar-refractivity contribution in [3.05, 3.63) is 41.6 Å². The molecule has 1 N–H and O–H groups in total. The molecule has 0 radical (unpaired) electrons. The number of carbonyl (C=O) groups is 1. The number of hydrogen-bond donors (Lipinski definition) is 1. The standard InChI is InChI=1S/C18H22ClN5O3/c1-12-10-23(17-3-5-21-16(22-17)4-6-25)11-13(2)24(12)18(26)27-15-7-14(19)8-20-9-15/h3,5,7-9,12-13,25H,4,6,10-11H2,1-2H3/t12-,13+. The maximum absolute atomic E-state index is 12.6. The lowest BCUT2D eigenvalue weighted by Gasteiger charge is -2.44. The van der Waals surface area contributed by atoms with Gasteiger partial charge in [-0.2, -0.15) is 0 Å². The molecule has 0 unspecified atom stereocenters. The number of carbonyl (C=O) groups excluding carboxylic acids is 1. The molecule has 1 saturated heterocycles. The molecule has 0 aliphatic carbocycles. The van der Waals surface area contributed by atoms with Crippen molar-refractivity contribution in [1.82, 2.24) is 19.9 Å². The Balaban J connectivity index is 1.69. The van der Waals surface area contributed by atoms with Crippen LogP contribution in [0, 0.1) is 0 Å². The van der Waals surface area contributed by atoms with Crippen LogP contribution in [-0.4, -0.2) is 62.8 Å². The summed E-state index contributed by atoms with van der Waals surface area (Å²) in [5.41, 5.74) is 0. The van der Waals surface area contributed by atoms with Crippen molar-refractivity contribution >= 4 is 23.5 Å². The van der Waals surface area contributed by atoms with Crippen LogP contribution in [0.3, 0.4) is 0 Å². The van der Waals surface area contributed by atoms with E-state index in [-0.39, 0.29) is 18.7 Å². The first-order valence-electron chi connectivity index (χ1n) is 8.76. The third kappa shape index (κ3) is 4.64. The molecule has 1 fully saturated rings. The molecular formula is C18H22ClN5O3. The number of rotatable bonds is 4. The van der Waals surface area contributed by atoms with E-state index in [0.717, 1.165) is 5.82 Å². The van der Waals surface area contributed by atoms with Gasteiger partial charge in [0.05, 0.1) is 29.9 Å². The van der Waals surface area contributed by atoms with Crippen LogP contribution in [-0.2, 0) is 6.42 Å². The molecule has 8 nitrogen and oxygen atoms in total. The fourth-order valence-corrected chi connectivity index (χ4v) is 3.42. The van der Waals surface area contributed by atoms with Gasteiger partial charge in [-0.3, -0.25) is 9.88 Å². The molecule has 1 aliphatic heterocycles. The monoisotopic (exact) mass is 391 g/mol. The van der Waals surface area contributed by atoms with Crippen molar-refractivity contribution in [2.45, 2.75) is 32.4 Å². The Bertz CT molecular complexity index is 794. The fourth-order valence-electron chi connectivity index (χ4n) is 3.26. The topological polar surface area (TPSA) is 91.7 Å². The van der Waals surface area contributed by atoms with Gasteiger partial charge in [-0.05, 0) is 19.9 Å². The van der Waals surface area contributed by atoms with Gasteiger partial charge in [0.2, 0.25) is 0 Å². The molecule has 2 aromatic heterocycles. The van der Waals surface area contributed by atoms with Gasteiger partial charge in [0.25, 0.3) is 0 Å². The van der Waals surface area contributed by atoms with Gasteiger partial charge in [0.1, 0.15) is 11.6 Å². The van der Waals surface area contributed by atoms with Crippen LogP contribution in [0.1, 0.15) is 19.7 Å². The number of halogens is 1. The van der Waals surface area contributed by atoms with E-state index in [0.29, 0.717) is 36.1 Å². The fraction of sp³-hybridized carbons (Fsp3) is 0.444. The molecule has 27 heavy (non-hydrogen) atoms. The number of piperazine rings is 1. The van der Waals surface area contributed by atoms with E-state index in [2.05, 4.69) is 19.9 Å². The van der Waals surface area contributed by atoms with Gasteiger partial charge in [0.15, 0.2) is 5.75 Å². The van der Waals surface area contributed by atoms with Gasteiger partial charge < -0.3 is 14.7 Å². The second-order valence-corrected chi connectivity index (χ2v) is 6.96. The molecular weight excluding hydrogens is 370 g/mol. The van der Waals surface area contributed by atoms with Crippen molar-refractivity contribution in [3.8, 4) is 5.75 Å². The van der Waals surface area contributed by atoms with E-state index in [1.54, 1.807) is 17.2 Å². The van der Waals surface area contributed by atoms with Crippen LogP contribution in [0.4, 0.5) is 10.6 Å². The Morgan fingerprint density at radius 1 is 1.33 bits per heavy atom. The highest BCUT2D eigenvalue weighted by molar-refractivity contribution is 6.30. The summed E-state index contributed by atoms with van der Waals surface area (Å²) in [5.74, 6) is 1.71. The molecule has 0 saturated carbocycles. The number of ether oxygens (including phenoxy) is 1. The van der Waals surface area contributed by atoms with Crippen molar-refractivity contribution in [3.63, 3.8) is 0 Å². The minimum atomic E-state index is -0.428. The van der Waals surface area contributed by atoms with Crippen molar-refractivity contribution in [2.75, 3.05) is 24.6 Å². The summed E-state index contributed by atoms with van der Waals surface area (Å²) >= 11 is 5.89. The molecule has 0 spiro atoms. The minimum absolute atomic E-state index is 0.00817. The molecule has 3 rings (SSSR count). The third-order valence-electron chi connectivity index (χ3n) is 4.36. The van der Waals surface area contributed by atoms with Crippen LogP contribution in [0.5, 0.6) is 5.75 Å². The van der Waals surface area contributed by atoms with Crippen LogP contribution in [0.15, 0.2) is 30.7 Å². The summed E-state index contributed by atoms with van der Waals surface area (Å²) in [5, 5.41) is 9.49. The summed E-state index contributed by atoms with van der Waals surface area (Å²) in [6, 6.07) is 3.24. The summed E-state index contributed by atoms with van der Waals surface area (Å²) in [4.78, 5) is 29.1. The van der Waals surface area contributed by atoms with Crippen molar-refractivity contribution in [2.24, 2.45) is 0 Å². The predicted octanol–water partition coefficient (Wildman–Crippen LogP) is 2.16. The predicted molar refractivity (Wildman–Crippen MR) is 101 cm³/mol. The normalized spacial score (nSPS) is 19.9. The molecule has 2 atom stereocenters. The van der Waals surface area contributed by atoms with Crippen molar-refractivity contribution in [1.29, 1.82) is 0 Å². The third-order valence-corrected chi connectivity index (χ3v) is 4.57. The molecule has 9 heteroatoms. The second-order valence-electron chi connectivity index (χ2n) is 6.52. The van der Waals surface area contributed by atoms with E-state index < -0.39 is 6.09 Å². The number of aliphatic hydroxyl groups is 1. The maximum atomic E-state index is 12.6. The Labute approximate surface area is 162 Å². The van der Waals surface area contributed by atoms with Crippen LogP contribution in [0.25, 0.3) is 0 Å². The summed E-state index contributed by atoms with van der Waals surface area (Å²) in [7, 11) is 0. The number of nitrogens with zero attached hydrogens (tertiary/aromatic N) is 5. The number of anilines is 1. The first-order valence-corrected chi connectivity index (χ1v) is 9.14. The average molecular weight is 392 g/mol. The van der Waals surface area contributed by atoms with E-state index in [1.807, 2.05) is 19.9 Å². The number of aliphatic hydroxyl groups excluding tert-OH is 1. The number of aromatic nitrogens is 3. The number of hydrogen-bond acceptors (Lipinski definition) is 7. The highest BCUT2D eigenvalue weighted by atomic mass is 35.5. The Hall–Kier alpha value is -2.45. The molecule has 1 amide bonds. The SMILES string of the molecule is C[C@@H]1CN(c2ccnc(CCO)n2)C[C@H](C)N1C(=O)Oc1cncc(Cl)c1. The van der Waals surface area contributed by atoms with Gasteiger partial charge in [-0.25, -0.2) is 14.8 Å². The van der Waals surface area contributed by atoms with Crippen LogP contribution >= 0.6 is 11.6 Å². The largest absolute Gasteiger partial charge is 0.415 e. The Morgan fingerprint density at radius 3 is 2.74 bits per heavy atom. The van der Waals surface area contributed by atoms with Gasteiger partial charge in [-0.1, -0.05) is 11.6 Å². The Kier molecular flexibility index (Phi) is 6.08. The molecule has 3 heterocycles. The summed E-state index contributed by atoms with van der Waals surface area (Å²) < 4.78 is 5.44. The molecule has 1 aliphatic rings. The van der Waals surface area contributed by atoms with E-state index >= 15 is 0 Å².